The Morgan fingerprint density at radius 2 is 1.76 bits per heavy atom. The van der Waals surface area contributed by atoms with Gasteiger partial charge in [0.1, 0.15) is 18.0 Å². The van der Waals surface area contributed by atoms with Crippen molar-refractivity contribution in [3.63, 3.8) is 0 Å². The van der Waals surface area contributed by atoms with E-state index in [0.29, 0.717) is 10.8 Å². The molecule has 2 aromatic carbocycles. The summed E-state index contributed by atoms with van der Waals surface area (Å²) in [6.45, 7) is 1.61. The van der Waals surface area contributed by atoms with Crippen LogP contribution in [0.4, 0.5) is 0 Å². The van der Waals surface area contributed by atoms with Crippen LogP contribution in [0.15, 0.2) is 54.6 Å². The van der Waals surface area contributed by atoms with E-state index in [1.165, 1.54) is 0 Å². The minimum atomic E-state index is -0.544. The third-order valence-corrected chi connectivity index (χ3v) is 4.57. The molecular weight excluding hydrogens is 340 g/mol. The summed E-state index contributed by atoms with van der Waals surface area (Å²) in [6.07, 6.45) is -0.466. The van der Waals surface area contributed by atoms with Gasteiger partial charge in [-0.2, -0.15) is 0 Å². The molecule has 1 unspecified atom stereocenters. The van der Waals surface area contributed by atoms with Gasteiger partial charge in [-0.3, -0.25) is 9.59 Å². The van der Waals surface area contributed by atoms with Gasteiger partial charge < -0.3 is 14.5 Å². The van der Waals surface area contributed by atoms with Gasteiger partial charge in [0.2, 0.25) is 5.91 Å². The average Bonchev–Trinajstić information content (AvgIpc) is 2.85. The van der Waals surface area contributed by atoms with Crippen molar-refractivity contribution >= 4 is 23.4 Å². The van der Waals surface area contributed by atoms with E-state index in [1.807, 2.05) is 30.3 Å². The summed E-state index contributed by atoms with van der Waals surface area (Å²) >= 11 is 5.95. The van der Waals surface area contributed by atoms with Crippen molar-refractivity contribution in [2.75, 3.05) is 13.7 Å². The van der Waals surface area contributed by atoms with Crippen molar-refractivity contribution in [1.29, 1.82) is 0 Å². The number of hydrogen-bond donors (Lipinski definition) is 0. The lowest BCUT2D eigenvalue weighted by atomic mass is 10.1. The van der Waals surface area contributed by atoms with Crippen molar-refractivity contribution in [2.24, 2.45) is 0 Å². The molecular formula is C19H19ClN2O3. The molecule has 0 aromatic heterocycles. The van der Waals surface area contributed by atoms with E-state index < -0.39 is 12.2 Å². The predicted octanol–water partition coefficient (Wildman–Crippen LogP) is 3.11. The Morgan fingerprint density at radius 3 is 2.40 bits per heavy atom. The molecule has 1 fully saturated rings. The first-order chi connectivity index (χ1) is 12.0. The van der Waals surface area contributed by atoms with E-state index in [1.54, 1.807) is 48.0 Å². The van der Waals surface area contributed by atoms with Crippen molar-refractivity contribution in [1.82, 2.24) is 9.80 Å². The van der Waals surface area contributed by atoms with E-state index in [9.17, 15) is 9.59 Å². The maximum atomic E-state index is 12.8. The summed E-state index contributed by atoms with van der Waals surface area (Å²) < 4.78 is 5.56. The molecule has 5 nitrogen and oxygen atoms in total. The molecule has 2 aromatic rings. The quantitative estimate of drug-likeness (QED) is 0.843. The fraction of sp³-hybridized carbons (Fsp3) is 0.263. The molecule has 2 amide bonds. The second-order valence-electron chi connectivity index (χ2n) is 5.95. The number of hydrogen-bond acceptors (Lipinski definition) is 3. The lowest BCUT2D eigenvalue weighted by Gasteiger charge is -2.29. The summed E-state index contributed by atoms with van der Waals surface area (Å²) in [5.41, 5.74) is 0.831. The zero-order valence-electron chi connectivity index (χ0n) is 14.1. The van der Waals surface area contributed by atoms with E-state index in [-0.39, 0.29) is 18.4 Å². The van der Waals surface area contributed by atoms with Gasteiger partial charge in [0.25, 0.3) is 5.91 Å². The zero-order chi connectivity index (χ0) is 18.0. The molecule has 25 heavy (non-hydrogen) atoms. The minimum Gasteiger partial charge on any atom is -0.484 e. The number of amides is 2. The number of ether oxygens (including phenoxy) is 1. The van der Waals surface area contributed by atoms with Gasteiger partial charge in [0.05, 0.1) is 0 Å². The highest BCUT2D eigenvalue weighted by Crippen LogP contribution is 2.33. The number of carbonyl (C=O) groups is 2. The molecule has 0 bridgehead atoms. The van der Waals surface area contributed by atoms with Crippen LogP contribution in [0.25, 0.3) is 0 Å². The number of nitrogens with zero attached hydrogens (tertiary/aromatic N) is 2. The third-order valence-electron chi connectivity index (χ3n) is 4.31. The van der Waals surface area contributed by atoms with Gasteiger partial charge in [-0.15, -0.1) is 0 Å². The molecule has 3 rings (SSSR count). The molecule has 0 radical (unpaired) electrons. The molecule has 130 valence electrons. The van der Waals surface area contributed by atoms with Crippen LogP contribution in [-0.2, 0) is 9.59 Å². The Morgan fingerprint density at radius 1 is 1.12 bits per heavy atom. The fourth-order valence-electron chi connectivity index (χ4n) is 3.04. The molecule has 1 saturated heterocycles. The van der Waals surface area contributed by atoms with Crippen LogP contribution in [0.2, 0.25) is 5.02 Å². The van der Waals surface area contributed by atoms with Gasteiger partial charge in [-0.1, -0.05) is 41.9 Å². The maximum Gasteiger partial charge on any atom is 0.263 e. The van der Waals surface area contributed by atoms with Crippen LogP contribution in [0.3, 0.4) is 0 Å². The molecule has 0 spiro atoms. The lowest BCUT2D eigenvalue weighted by molar-refractivity contribution is -0.138. The SMILES string of the molecule is C[C@@H]1C(=O)N(C)C(c2ccc(Cl)cc2)N1C(=O)COc1ccccc1. The first-order valence-corrected chi connectivity index (χ1v) is 8.38. The number of para-hydroxylation sites is 1. The molecule has 0 aliphatic carbocycles. The largest absolute Gasteiger partial charge is 0.484 e. The lowest BCUT2D eigenvalue weighted by Crippen LogP contribution is -2.40. The summed E-state index contributed by atoms with van der Waals surface area (Å²) in [5.74, 6) is 0.271. The van der Waals surface area contributed by atoms with Gasteiger partial charge in [-0.25, -0.2) is 0 Å². The first kappa shape index (κ1) is 17.3. The molecule has 1 heterocycles. The van der Waals surface area contributed by atoms with Gasteiger partial charge in [0, 0.05) is 12.1 Å². The van der Waals surface area contributed by atoms with Crippen molar-refractivity contribution in [2.45, 2.75) is 19.1 Å². The zero-order valence-corrected chi connectivity index (χ0v) is 14.8. The Labute approximate surface area is 151 Å². The van der Waals surface area contributed by atoms with E-state index >= 15 is 0 Å². The van der Waals surface area contributed by atoms with Gasteiger partial charge in [0.15, 0.2) is 6.61 Å². The number of likely N-dealkylation sites (N-methyl/N-ethyl adjacent to an activating group) is 1. The fourth-order valence-corrected chi connectivity index (χ4v) is 3.17. The van der Waals surface area contributed by atoms with Crippen LogP contribution >= 0.6 is 11.6 Å². The number of halogens is 1. The summed E-state index contributed by atoms with van der Waals surface area (Å²) in [5, 5.41) is 0.606. The van der Waals surface area contributed by atoms with Crippen LogP contribution < -0.4 is 4.74 Å². The third kappa shape index (κ3) is 3.46. The monoisotopic (exact) mass is 358 g/mol. The highest BCUT2D eigenvalue weighted by atomic mass is 35.5. The van der Waals surface area contributed by atoms with Crippen molar-refractivity contribution in [3.05, 3.63) is 65.2 Å². The Kier molecular flexibility index (Phi) is 4.95. The average molecular weight is 359 g/mol. The second kappa shape index (κ2) is 7.15. The Hall–Kier alpha value is -2.53. The van der Waals surface area contributed by atoms with E-state index in [2.05, 4.69) is 0 Å². The second-order valence-corrected chi connectivity index (χ2v) is 6.39. The molecule has 1 aliphatic rings. The topological polar surface area (TPSA) is 49.9 Å². The van der Waals surface area contributed by atoms with Crippen molar-refractivity contribution < 1.29 is 14.3 Å². The number of carbonyl (C=O) groups excluding carboxylic acids is 2. The molecule has 2 atom stereocenters. The van der Waals surface area contributed by atoms with Gasteiger partial charge in [-0.05, 0) is 36.8 Å². The summed E-state index contributed by atoms with van der Waals surface area (Å²) in [4.78, 5) is 28.3. The number of benzene rings is 2. The number of rotatable bonds is 4. The predicted molar refractivity (Wildman–Crippen MR) is 95.2 cm³/mol. The normalized spacial score (nSPS) is 20.0. The smallest absolute Gasteiger partial charge is 0.263 e. The highest BCUT2D eigenvalue weighted by Gasteiger charge is 2.45. The van der Waals surface area contributed by atoms with E-state index in [4.69, 9.17) is 16.3 Å². The van der Waals surface area contributed by atoms with Gasteiger partial charge >= 0.3 is 0 Å². The van der Waals surface area contributed by atoms with Crippen molar-refractivity contribution in [3.8, 4) is 5.75 Å². The summed E-state index contributed by atoms with van der Waals surface area (Å²) in [6, 6.07) is 15.7. The Bertz CT molecular complexity index is 764. The Balaban J connectivity index is 1.81. The first-order valence-electron chi connectivity index (χ1n) is 8.00. The van der Waals surface area contributed by atoms with Crippen LogP contribution in [-0.4, -0.2) is 41.3 Å². The van der Waals surface area contributed by atoms with Crippen LogP contribution in [0, 0.1) is 0 Å². The molecule has 6 heteroatoms. The maximum absolute atomic E-state index is 12.8. The summed E-state index contributed by atoms with van der Waals surface area (Å²) in [7, 11) is 1.70. The molecule has 0 saturated carbocycles. The minimum absolute atomic E-state index is 0.104. The molecule has 1 aliphatic heterocycles. The standard InChI is InChI=1S/C19H19ClN2O3/c1-13-19(24)21(2)18(14-8-10-15(20)11-9-14)22(13)17(23)12-25-16-6-4-3-5-7-16/h3-11,13,18H,12H2,1-2H3/t13-,18?/m1/s1. The van der Waals surface area contributed by atoms with Crippen LogP contribution in [0.5, 0.6) is 5.75 Å². The van der Waals surface area contributed by atoms with E-state index in [0.717, 1.165) is 5.56 Å². The highest BCUT2D eigenvalue weighted by molar-refractivity contribution is 6.30. The van der Waals surface area contributed by atoms with Crippen LogP contribution in [0.1, 0.15) is 18.7 Å². The molecule has 0 N–H and O–H groups in total.